The van der Waals surface area contributed by atoms with E-state index >= 15 is 0 Å². The van der Waals surface area contributed by atoms with Crippen molar-refractivity contribution in [2.45, 2.75) is 31.0 Å². The van der Waals surface area contributed by atoms with Crippen molar-refractivity contribution in [2.75, 3.05) is 18.4 Å². The summed E-state index contributed by atoms with van der Waals surface area (Å²) in [6.07, 6.45) is 3.07. The van der Waals surface area contributed by atoms with Gasteiger partial charge in [-0.3, -0.25) is 4.72 Å². The van der Waals surface area contributed by atoms with Gasteiger partial charge in [0.1, 0.15) is 0 Å². The summed E-state index contributed by atoms with van der Waals surface area (Å²) in [7, 11) is -3.88. The van der Waals surface area contributed by atoms with E-state index in [2.05, 4.69) is 20.0 Å². The molecule has 2 heterocycles. The molecule has 0 bridgehead atoms. The number of morpholine rings is 1. The van der Waals surface area contributed by atoms with Gasteiger partial charge < -0.3 is 24.9 Å². The molecule has 144 valence electrons. The van der Waals surface area contributed by atoms with Gasteiger partial charge in [0.05, 0.1) is 17.1 Å². The Hall–Kier alpha value is -2.30. The van der Waals surface area contributed by atoms with Crippen LogP contribution in [-0.2, 0) is 14.8 Å². The van der Waals surface area contributed by atoms with Crippen LogP contribution in [0.4, 0.5) is 11.6 Å². The molecule has 1 N–H and O–H groups in total. The highest BCUT2D eigenvalue weighted by atomic mass is 32.2. The topological polar surface area (TPSA) is 98.5 Å². The first kappa shape index (κ1) is 19.5. The number of hydrogen-bond donors (Lipinski definition) is 1. The lowest BCUT2D eigenvalue weighted by atomic mass is 10.2. The maximum atomic E-state index is 12.3. The molecule has 27 heavy (non-hydrogen) atoms. The predicted octanol–water partition coefficient (Wildman–Crippen LogP) is 2.68. The van der Waals surface area contributed by atoms with Crippen molar-refractivity contribution in [1.82, 2.24) is 14.9 Å². The molecule has 10 heteroatoms. The second-order valence-corrected chi connectivity index (χ2v) is 8.22. The Labute approximate surface area is 164 Å². The average molecular weight is 407 g/mol. The molecule has 2 atom stereocenters. The van der Waals surface area contributed by atoms with Crippen molar-refractivity contribution in [3.8, 4) is 0 Å². The van der Waals surface area contributed by atoms with Crippen LogP contribution in [0.25, 0.3) is 4.72 Å². The number of sulfonamides is 1. The maximum absolute atomic E-state index is 12.3. The molecule has 8 nitrogen and oxygen atoms in total. The minimum Gasteiger partial charge on any atom is -0.372 e. The van der Waals surface area contributed by atoms with Crippen molar-refractivity contribution in [3.63, 3.8) is 0 Å². The van der Waals surface area contributed by atoms with Crippen molar-refractivity contribution in [2.24, 2.45) is 0 Å². The highest BCUT2D eigenvalue weighted by Crippen LogP contribution is 2.25. The third-order valence-corrected chi connectivity index (χ3v) is 5.50. The van der Waals surface area contributed by atoms with Gasteiger partial charge in [0, 0.05) is 24.7 Å². The minimum atomic E-state index is -3.88. The van der Waals surface area contributed by atoms with Crippen molar-refractivity contribution in [3.05, 3.63) is 47.4 Å². The zero-order chi connectivity index (χ0) is 19.4. The molecule has 0 unspecified atom stereocenters. The average Bonchev–Trinajstić information content (AvgIpc) is 2.62. The van der Waals surface area contributed by atoms with Crippen LogP contribution in [0, 0.1) is 0 Å². The fourth-order valence-corrected chi connectivity index (χ4v) is 3.92. The summed E-state index contributed by atoms with van der Waals surface area (Å²) in [4.78, 5) is 9.71. The van der Waals surface area contributed by atoms with Gasteiger partial charge in [-0.15, -0.1) is 0 Å². The Morgan fingerprint density at radius 2 is 1.78 bits per heavy atom. The molecule has 1 saturated heterocycles. The smallest absolute Gasteiger partial charge is 0.229 e. The summed E-state index contributed by atoms with van der Waals surface area (Å²) in [5.74, 6) is -0.101. The number of thiocarbonyl (C=S) groups is 1. The normalized spacial score (nSPS) is 20.1. The van der Waals surface area contributed by atoms with Crippen LogP contribution in [0.5, 0.6) is 0 Å². The van der Waals surface area contributed by atoms with Gasteiger partial charge >= 0.3 is 0 Å². The number of hydrogen-bond acceptors (Lipinski definition) is 6. The number of nitrogens with zero attached hydrogens (tertiary/aromatic N) is 4. The highest BCUT2D eigenvalue weighted by Gasteiger charge is 2.24. The summed E-state index contributed by atoms with van der Waals surface area (Å²) < 4.78 is 34.0. The number of rotatable bonds is 4. The minimum absolute atomic E-state index is 0.0556. The van der Waals surface area contributed by atoms with E-state index in [-0.39, 0.29) is 23.1 Å². The van der Waals surface area contributed by atoms with Crippen LogP contribution in [0.1, 0.15) is 13.8 Å². The molecule has 0 aliphatic carbocycles. The van der Waals surface area contributed by atoms with Gasteiger partial charge in [-0.25, -0.2) is 8.42 Å². The summed E-state index contributed by atoms with van der Waals surface area (Å²) in [5, 5.41) is 3.71. The summed E-state index contributed by atoms with van der Waals surface area (Å²) in [6.45, 7) is 5.42. The zero-order valence-electron chi connectivity index (χ0n) is 14.9. The SMILES string of the molecule is C[C@@H]1CN(C(=S)Nc2ccc(S(=O)(=O)[N-]c3ncccn3)cc2)C[C@H](C)O1. The fourth-order valence-electron chi connectivity index (χ4n) is 2.76. The van der Waals surface area contributed by atoms with Crippen LogP contribution in [0.3, 0.4) is 0 Å². The van der Waals surface area contributed by atoms with Crippen LogP contribution in [0.2, 0.25) is 0 Å². The second kappa shape index (κ2) is 8.15. The summed E-state index contributed by atoms with van der Waals surface area (Å²) in [6, 6.07) is 7.82. The lowest BCUT2D eigenvalue weighted by Gasteiger charge is -2.36. The van der Waals surface area contributed by atoms with Gasteiger partial charge in [0.25, 0.3) is 0 Å². The molecule has 0 spiro atoms. The first-order chi connectivity index (χ1) is 12.8. The number of anilines is 1. The summed E-state index contributed by atoms with van der Waals surface area (Å²) >= 11 is 5.46. The Morgan fingerprint density at radius 3 is 2.37 bits per heavy atom. The van der Waals surface area contributed by atoms with Crippen molar-refractivity contribution >= 4 is 39.0 Å². The van der Waals surface area contributed by atoms with E-state index in [1.54, 1.807) is 18.2 Å². The molecule has 0 saturated carbocycles. The number of nitrogens with one attached hydrogen (secondary N) is 1. The molecular weight excluding hydrogens is 386 g/mol. The zero-order valence-corrected chi connectivity index (χ0v) is 16.6. The molecule has 1 aliphatic heterocycles. The molecule has 1 aromatic heterocycles. The third-order valence-electron chi connectivity index (χ3n) is 3.86. The number of aromatic nitrogens is 2. The fraction of sp³-hybridized carbons (Fsp3) is 0.353. The molecule has 1 aliphatic rings. The Morgan fingerprint density at radius 1 is 1.19 bits per heavy atom. The van der Waals surface area contributed by atoms with Gasteiger partial charge in [0.2, 0.25) is 10.0 Å². The maximum Gasteiger partial charge on any atom is 0.229 e. The Balaban J connectivity index is 1.65. The quantitative estimate of drug-likeness (QED) is 0.774. The molecular formula is C17H20N5O3S2-. The Kier molecular flexibility index (Phi) is 5.88. The van der Waals surface area contributed by atoms with Crippen molar-refractivity contribution in [1.29, 1.82) is 0 Å². The summed E-state index contributed by atoms with van der Waals surface area (Å²) in [5.41, 5.74) is 0.696. The largest absolute Gasteiger partial charge is 0.372 e. The van der Waals surface area contributed by atoms with Gasteiger partial charge in [-0.05, 0) is 62.7 Å². The molecule has 1 aromatic carbocycles. The van der Waals surface area contributed by atoms with Crippen LogP contribution in [0.15, 0.2) is 47.6 Å². The number of benzene rings is 1. The monoisotopic (exact) mass is 406 g/mol. The number of ether oxygens (including phenoxy) is 1. The molecule has 0 radical (unpaired) electrons. The van der Waals surface area contributed by atoms with Crippen LogP contribution < -0.4 is 5.32 Å². The van der Waals surface area contributed by atoms with E-state index in [1.165, 1.54) is 24.5 Å². The lowest BCUT2D eigenvalue weighted by Crippen LogP contribution is -2.49. The first-order valence-electron chi connectivity index (χ1n) is 8.40. The molecule has 1 fully saturated rings. The van der Waals surface area contributed by atoms with E-state index < -0.39 is 10.0 Å². The predicted molar refractivity (Wildman–Crippen MR) is 106 cm³/mol. The van der Waals surface area contributed by atoms with E-state index in [1.807, 2.05) is 18.7 Å². The molecule has 0 amide bonds. The standard InChI is InChI=1S/C17H21N5O3S2/c1-12-10-22(11-13(2)25-12)17(26)20-14-4-6-15(7-5-14)27(23,24)21-16-18-8-3-9-19-16/h3-9,12-13H,10-11H2,1-2H3,(H2,18,19,20,21,26)/p-1/t12-,13+. The van der Waals surface area contributed by atoms with Crippen LogP contribution in [-0.4, -0.2) is 53.7 Å². The third kappa shape index (κ3) is 5.12. The lowest BCUT2D eigenvalue weighted by molar-refractivity contribution is -0.0473. The second-order valence-electron chi connectivity index (χ2n) is 6.23. The first-order valence-corrected chi connectivity index (χ1v) is 10.2. The van der Waals surface area contributed by atoms with E-state index in [0.717, 1.165) is 0 Å². The van der Waals surface area contributed by atoms with E-state index in [4.69, 9.17) is 17.0 Å². The van der Waals surface area contributed by atoms with Crippen molar-refractivity contribution < 1.29 is 13.2 Å². The van der Waals surface area contributed by atoms with Gasteiger partial charge in [-0.1, -0.05) is 6.07 Å². The molecule has 2 aromatic rings. The molecule has 3 rings (SSSR count). The van der Waals surface area contributed by atoms with Crippen LogP contribution >= 0.6 is 12.2 Å². The van der Waals surface area contributed by atoms with E-state index in [9.17, 15) is 8.42 Å². The Bertz CT molecular complexity index is 881. The highest BCUT2D eigenvalue weighted by molar-refractivity contribution is 7.94. The van der Waals surface area contributed by atoms with Gasteiger partial charge in [-0.2, -0.15) is 0 Å². The van der Waals surface area contributed by atoms with Gasteiger partial charge in [0.15, 0.2) is 5.11 Å². The van der Waals surface area contributed by atoms with E-state index in [0.29, 0.717) is 23.9 Å².